The molecular weight excluding hydrogens is 1190 g/mol. The second kappa shape index (κ2) is 48.2. The van der Waals surface area contributed by atoms with Gasteiger partial charge in [-0.1, -0.05) is 165 Å². The van der Waals surface area contributed by atoms with Gasteiger partial charge in [0.25, 0.3) is 20.2 Å². The van der Waals surface area contributed by atoms with Crippen molar-refractivity contribution in [2.45, 2.75) is 64.2 Å². The van der Waals surface area contributed by atoms with Crippen molar-refractivity contribution in [1.29, 1.82) is 0 Å². The SMILES string of the molecule is C.C.Cc1ccc(S(=O)(=O)OCCCSCCOCCSCCCOS(=O)(=O)c2ccc(C)cc2)cc1.O=C(SCCCSCCOCCSCCCSC(=O)c1ccccc1)c1ccccc1.O=C([S-])c1ccccc1.[K+]. The van der Waals surface area contributed by atoms with Gasteiger partial charge in [-0.3, -0.25) is 18.0 Å². The minimum Gasteiger partial charge on any atom is -0.737 e. The maximum atomic E-state index is 12.1. The van der Waals surface area contributed by atoms with E-state index >= 15 is 0 Å². The van der Waals surface area contributed by atoms with Crippen LogP contribution in [0.25, 0.3) is 0 Å². The fourth-order valence-electron chi connectivity index (χ4n) is 5.83. The van der Waals surface area contributed by atoms with E-state index in [1.165, 1.54) is 23.5 Å². The summed E-state index contributed by atoms with van der Waals surface area (Å²) in [4.78, 5) is 34.8. The molecule has 5 aromatic rings. The number of aryl methyl sites for hydroxylation is 2. The molecule has 11 nitrogen and oxygen atoms in total. The first-order valence-electron chi connectivity index (χ1n) is 24.4. The van der Waals surface area contributed by atoms with Crippen molar-refractivity contribution in [2.24, 2.45) is 0 Å². The Bertz CT molecular complexity index is 2380. The zero-order valence-corrected chi connectivity index (χ0v) is 54.1. The van der Waals surface area contributed by atoms with Crippen molar-refractivity contribution in [1.82, 2.24) is 0 Å². The minimum atomic E-state index is -3.69. The first-order valence-corrected chi connectivity index (χ1v) is 34.2. The molecule has 0 spiro atoms. The number of benzene rings is 5. The van der Waals surface area contributed by atoms with Crippen LogP contribution in [0.5, 0.6) is 0 Å². The van der Waals surface area contributed by atoms with Crippen LogP contribution in [0.15, 0.2) is 149 Å². The number of carbonyl (C=O) groups is 3. The molecular formula is C57H77KO11S9. The Morgan fingerprint density at radius 1 is 0.397 bits per heavy atom. The van der Waals surface area contributed by atoms with Crippen molar-refractivity contribution in [3.8, 4) is 0 Å². The second-order valence-electron chi connectivity index (χ2n) is 15.9. The summed E-state index contributed by atoms with van der Waals surface area (Å²) in [6.07, 6.45) is 3.36. The number of ether oxygens (including phenoxy) is 2. The van der Waals surface area contributed by atoms with Crippen LogP contribution in [0.2, 0.25) is 0 Å². The van der Waals surface area contributed by atoms with Gasteiger partial charge in [0, 0.05) is 50.8 Å². The van der Waals surface area contributed by atoms with Crippen LogP contribution in [0.3, 0.4) is 0 Å². The zero-order valence-electron chi connectivity index (χ0n) is 43.6. The molecule has 0 aromatic heterocycles. The van der Waals surface area contributed by atoms with Gasteiger partial charge in [-0.25, -0.2) is 0 Å². The molecule has 426 valence electrons. The van der Waals surface area contributed by atoms with E-state index < -0.39 is 20.2 Å². The van der Waals surface area contributed by atoms with Gasteiger partial charge in [0.15, 0.2) is 0 Å². The van der Waals surface area contributed by atoms with Crippen LogP contribution >= 0.6 is 70.6 Å². The average Bonchev–Trinajstić information content (AvgIpc) is 3.42. The topological polar surface area (TPSA) is 156 Å². The van der Waals surface area contributed by atoms with Gasteiger partial charge in [0.2, 0.25) is 10.2 Å². The Balaban J connectivity index is 0.00000127. The third-order valence-electron chi connectivity index (χ3n) is 9.81. The van der Waals surface area contributed by atoms with Crippen LogP contribution in [0.4, 0.5) is 0 Å². The molecule has 0 bridgehead atoms. The standard InChI is InChI=1S/C24H34O7S4.C24H30O3S4.C7H6OS.2CH4.K/c1-21-5-9-23(10-6-21)34(25,26)30-13-3-17-32-19-15-29-16-20-33-18-4-14-31-35(27,28)24-11-7-22(2)8-12-24;25-23(21-9-3-1-4-10-21)30-17-7-15-28-19-13-27-14-20-29-16-8-18-31-24(26)22-11-5-2-6-12-22;8-7(9)6-4-2-1-3-5-6;;;/h5-12H,3-4,13-20H2,1-2H3;1-6,9-12H,7-8,13-20H2;1-5H,(H,8,9);2*1H4;/q;;;;;+1/p-1. The summed E-state index contributed by atoms with van der Waals surface area (Å²) in [6, 6.07) is 41.0. The Morgan fingerprint density at radius 2 is 0.692 bits per heavy atom. The predicted molar refractivity (Wildman–Crippen MR) is 336 cm³/mol. The Kier molecular flexibility index (Phi) is 47.5. The van der Waals surface area contributed by atoms with Crippen LogP contribution in [-0.4, -0.2) is 129 Å². The minimum absolute atomic E-state index is 0. The van der Waals surface area contributed by atoms with Gasteiger partial charge >= 0.3 is 51.4 Å². The molecule has 0 heterocycles. The van der Waals surface area contributed by atoms with E-state index in [0.717, 1.165) is 106 Å². The molecule has 5 aromatic carbocycles. The summed E-state index contributed by atoms with van der Waals surface area (Å²) in [7, 11) is -7.38. The van der Waals surface area contributed by atoms with Crippen molar-refractivity contribution >= 4 is 119 Å². The van der Waals surface area contributed by atoms with Gasteiger partial charge in [-0.05, 0) is 92.4 Å². The van der Waals surface area contributed by atoms with Crippen molar-refractivity contribution in [2.75, 3.05) is 97.2 Å². The van der Waals surface area contributed by atoms with E-state index in [-0.39, 0.29) is 105 Å². The molecule has 78 heavy (non-hydrogen) atoms. The van der Waals surface area contributed by atoms with E-state index in [2.05, 4.69) is 12.6 Å². The first-order chi connectivity index (χ1) is 36.3. The van der Waals surface area contributed by atoms with Gasteiger partial charge in [0.1, 0.15) is 0 Å². The maximum absolute atomic E-state index is 12.1. The number of hydrogen-bond acceptors (Lipinski definition) is 18. The molecule has 0 aliphatic heterocycles. The molecule has 0 saturated carbocycles. The van der Waals surface area contributed by atoms with Gasteiger partial charge in [-0.15, -0.1) is 0 Å². The molecule has 0 radical (unpaired) electrons. The zero-order chi connectivity index (χ0) is 54.3. The summed E-state index contributed by atoms with van der Waals surface area (Å²) >= 11 is 14.4. The summed E-state index contributed by atoms with van der Waals surface area (Å²) < 4.78 is 69.8. The number of thioether (sulfide) groups is 6. The van der Waals surface area contributed by atoms with Crippen LogP contribution < -0.4 is 51.4 Å². The van der Waals surface area contributed by atoms with Gasteiger partial charge in [0.05, 0.1) is 49.4 Å². The van der Waals surface area contributed by atoms with E-state index in [4.69, 9.17) is 17.8 Å². The van der Waals surface area contributed by atoms with Crippen LogP contribution in [0.1, 0.15) is 82.7 Å². The van der Waals surface area contributed by atoms with E-state index in [9.17, 15) is 31.2 Å². The summed E-state index contributed by atoms with van der Waals surface area (Å²) in [5.41, 5.74) is 4.15. The maximum Gasteiger partial charge on any atom is 1.00 e. The second-order valence-corrected chi connectivity index (χ2v) is 26.6. The fourth-order valence-corrected chi connectivity index (χ4v) is 12.9. The molecule has 0 atom stereocenters. The van der Waals surface area contributed by atoms with E-state index in [1.807, 2.05) is 104 Å². The number of hydrogen-bond donors (Lipinski definition) is 0. The summed E-state index contributed by atoms with van der Waals surface area (Å²) in [5.74, 6) is 9.13. The molecule has 21 heteroatoms. The molecule has 0 unspecified atom stereocenters. The monoisotopic (exact) mass is 1260 g/mol. The normalized spacial score (nSPS) is 10.8. The Morgan fingerprint density at radius 3 is 0.987 bits per heavy atom. The van der Waals surface area contributed by atoms with Gasteiger partial charge in [-0.2, -0.15) is 63.9 Å². The summed E-state index contributed by atoms with van der Waals surface area (Å²) in [5, 5.41) is 0.0243. The third kappa shape index (κ3) is 37.1. The smallest absolute Gasteiger partial charge is 0.737 e. The van der Waals surface area contributed by atoms with Crippen molar-refractivity contribution in [3.63, 3.8) is 0 Å². The third-order valence-corrected chi connectivity index (χ3v) is 18.8. The number of rotatable bonds is 35. The van der Waals surface area contributed by atoms with E-state index in [1.54, 1.807) is 96.3 Å². The number of carbonyl (C=O) groups excluding carboxylic acids is 3. The van der Waals surface area contributed by atoms with Crippen LogP contribution in [0, 0.1) is 13.8 Å². The quantitative estimate of drug-likeness (QED) is 0.0163. The van der Waals surface area contributed by atoms with Crippen LogP contribution in [-0.2, 0) is 50.7 Å². The molecule has 0 amide bonds. The molecule has 5 rings (SSSR count). The molecule has 0 saturated heterocycles. The van der Waals surface area contributed by atoms with Crippen molar-refractivity contribution in [3.05, 3.63) is 167 Å². The Hall–Kier alpha value is -1.19. The molecule has 0 aliphatic rings. The average molecular weight is 1270 g/mol. The van der Waals surface area contributed by atoms with Gasteiger partial charge < -0.3 is 26.9 Å². The Labute approximate surface area is 541 Å². The van der Waals surface area contributed by atoms with E-state index in [0.29, 0.717) is 31.6 Å². The van der Waals surface area contributed by atoms with Crippen molar-refractivity contribution < 1.29 is 100 Å². The molecule has 0 fully saturated rings. The first kappa shape index (κ1) is 76.8. The largest absolute Gasteiger partial charge is 1.00 e. The summed E-state index contributed by atoms with van der Waals surface area (Å²) in [6.45, 7) is 6.95. The molecule has 0 N–H and O–H groups in total. The fraction of sp³-hybridized carbons (Fsp3) is 0.421. The molecule has 0 aliphatic carbocycles. The predicted octanol–water partition coefficient (Wildman–Crippen LogP) is 10.7.